The number of hydrogen-bond acceptors (Lipinski definition) is 6. The summed E-state index contributed by atoms with van der Waals surface area (Å²) in [6, 6.07) is 10.1. The predicted molar refractivity (Wildman–Crippen MR) is 91.2 cm³/mol. The minimum atomic E-state index is -1.23. The summed E-state index contributed by atoms with van der Waals surface area (Å²) in [5.41, 5.74) is 4.34. The maximum Gasteiger partial charge on any atom is 1.00 e. The average Bonchev–Trinajstić information content (AvgIpc) is 3.16. The molecule has 0 saturated heterocycles. The number of carboxylic acids is 1. The summed E-state index contributed by atoms with van der Waals surface area (Å²) < 4.78 is 10.9. The molecule has 0 aliphatic carbocycles. The molecule has 0 atom stereocenters. The van der Waals surface area contributed by atoms with Gasteiger partial charge in [-0.2, -0.15) is 5.26 Å². The number of rotatable bonds is 5. The molecule has 0 aliphatic heterocycles. The van der Waals surface area contributed by atoms with Crippen molar-refractivity contribution < 1.29 is 48.6 Å². The van der Waals surface area contributed by atoms with E-state index >= 15 is 0 Å². The van der Waals surface area contributed by atoms with Crippen LogP contribution >= 0.6 is 0 Å². The molecule has 2 heterocycles. The fraction of sp³-hybridized carbons (Fsp3) is 0.150. The van der Waals surface area contributed by atoms with Crippen LogP contribution in [0.25, 0.3) is 11.1 Å². The van der Waals surface area contributed by atoms with E-state index in [9.17, 15) is 15.2 Å². The second kappa shape index (κ2) is 8.87. The zero-order chi connectivity index (χ0) is 18.7. The van der Waals surface area contributed by atoms with Gasteiger partial charge in [0.15, 0.2) is 0 Å². The minimum Gasteiger partial charge on any atom is -0.545 e. The summed E-state index contributed by atoms with van der Waals surface area (Å²) in [4.78, 5) is 15.2. The third-order valence-corrected chi connectivity index (χ3v) is 4.14. The topological polar surface area (TPSA) is 99.2 Å². The molecule has 0 unspecified atom stereocenters. The SMILES string of the molecule is Cc1nc(OCc2ccc(C(=O)[O-])cc2)c(C#N)c(-c2ccoc2)c1C.[Na+]. The summed E-state index contributed by atoms with van der Waals surface area (Å²) in [6.07, 6.45) is 3.12. The van der Waals surface area contributed by atoms with E-state index in [0.29, 0.717) is 5.56 Å². The summed E-state index contributed by atoms with van der Waals surface area (Å²) in [5.74, 6) is -0.999. The molecule has 130 valence electrons. The Labute approximate surface area is 178 Å². The normalized spacial score (nSPS) is 9.96. The Morgan fingerprint density at radius 2 is 1.96 bits per heavy atom. The fourth-order valence-corrected chi connectivity index (χ4v) is 2.63. The molecular weight excluding hydrogens is 355 g/mol. The maximum absolute atomic E-state index is 10.8. The molecule has 1 aromatic carbocycles. The van der Waals surface area contributed by atoms with Gasteiger partial charge in [0.25, 0.3) is 0 Å². The van der Waals surface area contributed by atoms with E-state index < -0.39 is 5.97 Å². The Bertz CT molecular complexity index is 990. The molecule has 6 nitrogen and oxygen atoms in total. The van der Waals surface area contributed by atoms with E-state index in [-0.39, 0.29) is 47.6 Å². The van der Waals surface area contributed by atoms with E-state index in [1.54, 1.807) is 30.7 Å². The number of nitrogens with zero attached hydrogens (tertiary/aromatic N) is 2. The third kappa shape index (κ3) is 4.40. The molecule has 0 fully saturated rings. The Morgan fingerprint density at radius 1 is 1.26 bits per heavy atom. The van der Waals surface area contributed by atoms with Gasteiger partial charge in [-0.05, 0) is 36.6 Å². The average molecular weight is 370 g/mol. The molecule has 0 spiro atoms. The van der Waals surface area contributed by atoms with Crippen molar-refractivity contribution in [3.8, 4) is 23.1 Å². The van der Waals surface area contributed by atoms with E-state index in [1.165, 1.54) is 12.1 Å². The number of aromatic nitrogens is 1. The number of carbonyl (C=O) groups is 1. The number of nitriles is 1. The number of furan rings is 1. The van der Waals surface area contributed by atoms with E-state index in [2.05, 4.69) is 11.1 Å². The molecule has 7 heteroatoms. The number of ether oxygens (including phenoxy) is 1. The van der Waals surface area contributed by atoms with Crippen LogP contribution < -0.4 is 39.4 Å². The first-order valence-corrected chi connectivity index (χ1v) is 7.88. The van der Waals surface area contributed by atoms with Gasteiger partial charge < -0.3 is 19.1 Å². The Hall–Kier alpha value is -2.59. The van der Waals surface area contributed by atoms with Crippen molar-refractivity contribution in [1.29, 1.82) is 5.26 Å². The zero-order valence-electron chi connectivity index (χ0n) is 15.3. The number of hydrogen-bond donors (Lipinski definition) is 0. The Kier molecular flexibility index (Phi) is 6.81. The second-order valence-corrected chi connectivity index (χ2v) is 5.77. The molecule has 0 saturated carbocycles. The molecule has 0 N–H and O–H groups in total. The van der Waals surface area contributed by atoms with Crippen molar-refractivity contribution in [2.75, 3.05) is 0 Å². The van der Waals surface area contributed by atoms with Gasteiger partial charge in [-0.3, -0.25) is 0 Å². The van der Waals surface area contributed by atoms with Gasteiger partial charge in [0.2, 0.25) is 5.88 Å². The van der Waals surface area contributed by atoms with Gasteiger partial charge in [-0.25, -0.2) is 4.98 Å². The van der Waals surface area contributed by atoms with Gasteiger partial charge in [0.05, 0.1) is 18.5 Å². The quantitative estimate of drug-likeness (QED) is 0.576. The first-order valence-electron chi connectivity index (χ1n) is 7.88. The van der Waals surface area contributed by atoms with Crippen molar-refractivity contribution in [3.05, 3.63) is 70.8 Å². The van der Waals surface area contributed by atoms with Crippen molar-refractivity contribution in [2.45, 2.75) is 20.5 Å². The predicted octanol–water partition coefficient (Wildman–Crippen LogP) is -0.223. The summed E-state index contributed by atoms with van der Waals surface area (Å²) in [6.45, 7) is 3.90. The van der Waals surface area contributed by atoms with Crippen LogP contribution in [0.1, 0.15) is 32.7 Å². The van der Waals surface area contributed by atoms with Gasteiger partial charge in [-0.15, -0.1) is 0 Å². The van der Waals surface area contributed by atoms with Gasteiger partial charge in [0.1, 0.15) is 18.2 Å². The van der Waals surface area contributed by atoms with E-state index in [4.69, 9.17) is 9.15 Å². The van der Waals surface area contributed by atoms with Crippen LogP contribution in [0.5, 0.6) is 5.88 Å². The number of aromatic carboxylic acids is 1. The zero-order valence-corrected chi connectivity index (χ0v) is 17.3. The molecule has 3 aromatic rings. The first kappa shape index (κ1) is 20.7. The van der Waals surface area contributed by atoms with E-state index in [1.807, 2.05) is 13.8 Å². The number of aryl methyl sites for hydroxylation is 1. The van der Waals surface area contributed by atoms with Crippen molar-refractivity contribution in [1.82, 2.24) is 4.98 Å². The largest absolute Gasteiger partial charge is 1.00 e. The van der Waals surface area contributed by atoms with Crippen LogP contribution in [-0.2, 0) is 6.61 Å². The van der Waals surface area contributed by atoms with Crippen LogP contribution in [0.3, 0.4) is 0 Å². The summed E-state index contributed by atoms with van der Waals surface area (Å²) >= 11 is 0. The standard InChI is InChI=1S/C20H16N2O4.Na/c1-12-13(2)22-19(17(9-21)18(12)16-7-8-25-11-16)26-10-14-3-5-15(6-4-14)20(23)24;/h3-8,11H,10H2,1-2H3,(H,23,24);/q;+1/p-1. The van der Waals surface area contributed by atoms with Crippen molar-refractivity contribution in [3.63, 3.8) is 0 Å². The van der Waals surface area contributed by atoms with Crippen LogP contribution in [0.2, 0.25) is 0 Å². The molecule has 0 amide bonds. The molecule has 27 heavy (non-hydrogen) atoms. The maximum atomic E-state index is 10.8. The minimum absolute atomic E-state index is 0. The van der Waals surface area contributed by atoms with E-state index in [0.717, 1.165) is 27.9 Å². The molecule has 2 aromatic heterocycles. The number of pyridine rings is 1. The molecule has 0 aliphatic rings. The van der Waals surface area contributed by atoms with Crippen LogP contribution in [-0.4, -0.2) is 11.0 Å². The molecule has 0 bridgehead atoms. The van der Waals surface area contributed by atoms with Gasteiger partial charge >= 0.3 is 29.6 Å². The fourth-order valence-electron chi connectivity index (χ4n) is 2.63. The third-order valence-electron chi connectivity index (χ3n) is 4.14. The Balaban J connectivity index is 0.00000261. The molecular formula is C20H15N2NaO4. The van der Waals surface area contributed by atoms with Crippen molar-refractivity contribution in [2.24, 2.45) is 0 Å². The summed E-state index contributed by atoms with van der Waals surface area (Å²) in [7, 11) is 0. The second-order valence-electron chi connectivity index (χ2n) is 5.77. The first-order chi connectivity index (χ1) is 12.5. The smallest absolute Gasteiger partial charge is 0.545 e. The Morgan fingerprint density at radius 3 is 2.52 bits per heavy atom. The van der Waals surface area contributed by atoms with Gasteiger partial charge in [0, 0.05) is 16.8 Å². The van der Waals surface area contributed by atoms with Crippen LogP contribution in [0.4, 0.5) is 0 Å². The molecule has 3 rings (SSSR count). The molecule has 0 radical (unpaired) electrons. The number of carbonyl (C=O) groups excluding carboxylic acids is 1. The van der Waals surface area contributed by atoms with Crippen LogP contribution in [0.15, 0.2) is 47.3 Å². The van der Waals surface area contributed by atoms with Gasteiger partial charge in [-0.1, -0.05) is 24.3 Å². The number of carboxylic acid groups (broad SMARTS) is 1. The number of benzene rings is 1. The summed E-state index contributed by atoms with van der Waals surface area (Å²) in [5, 5.41) is 20.4. The van der Waals surface area contributed by atoms with Crippen molar-refractivity contribution >= 4 is 5.97 Å². The van der Waals surface area contributed by atoms with Crippen LogP contribution in [0, 0.1) is 25.2 Å². The monoisotopic (exact) mass is 370 g/mol.